The first-order valence-electron chi connectivity index (χ1n) is 4.03. The van der Waals surface area contributed by atoms with Gasteiger partial charge in [0, 0.05) is 17.6 Å². The Morgan fingerprint density at radius 3 is 2.50 bits per heavy atom. The smallest absolute Gasteiger partial charge is 0.0142 e. The van der Waals surface area contributed by atoms with Crippen molar-refractivity contribution in [3.63, 3.8) is 0 Å². The van der Waals surface area contributed by atoms with E-state index in [0.717, 1.165) is 12.8 Å². The summed E-state index contributed by atoms with van der Waals surface area (Å²) in [5.41, 5.74) is 6.11. The number of nitrogens with one attached hydrogen (secondary N) is 1. The minimum atomic E-state index is 0.247. The SMILES string of the molecule is C[C@H]1C[C@H](N)CC(C)(C)N1. The first-order valence-corrected chi connectivity index (χ1v) is 4.03. The Bertz CT molecular complexity index is 108. The van der Waals surface area contributed by atoms with Crippen LogP contribution in [0.3, 0.4) is 0 Å². The molecule has 1 aliphatic rings. The number of hydrogen-bond donors (Lipinski definition) is 2. The normalized spacial score (nSPS) is 39.6. The minimum Gasteiger partial charge on any atom is -0.328 e. The minimum absolute atomic E-state index is 0.247. The molecule has 0 unspecified atom stereocenters. The van der Waals surface area contributed by atoms with Gasteiger partial charge in [-0.1, -0.05) is 0 Å². The zero-order valence-electron chi connectivity index (χ0n) is 7.15. The standard InChI is InChI=1S/C8H18N2/c1-6-4-7(9)5-8(2,3)10-6/h6-7,10H,4-5,9H2,1-3H3/t6-,7-/m0/s1. The molecule has 2 atom stereocenters. The van der Waals surface area contributed by atoms with Gasteiger partial charge in [0.2, 0.25) is 0 Å². The van der Waals surface area contributed by atoms with Crippen molar-refractivity contribution < 1.29 is 0 Å². The molecule has 0 aromatic carbocycles. The van der Waals surface area contributed by atoms with E-state index in [2.05, 4.69) is 26.1 Å². The highest BCUT2D eigenvalue weighted by molar-refractivity contribution is 4.91. The summed E-state index contributed by atoms with van der Waals surface area (Å²) in [5.74, 6) is 0. The lowest BCUT2D eigenvalue weighted by molar-refractivity contribution is 0.230. The largest absolute Gasteiger partial charge is 0.328 e. The summed E-state index contributed by atoms with van der Waals surface area (Å²) in [4.78, 5) is 0. The fourth-order valence-corrected chi connectivity index (χ4v) is 1.98. The van der Waals surface area contributed by atoms with Crippen LogP contribution in [0.5, 0.6) is 0 Å². The van der Waals surface area contributed by atoms with Crippen LogP contribution < -0.4 is 11.1 Å². The maximum atomic E-state index is 5.86. The van der Waals surface area contributed by atoms with Crippen molar-refractivity contribution >= 4 is 0 Å². The molecular formula is C8H18N2. The van der Waals surface area contributed by atoms with E-state index in [1.807, 2.05) is 0 Å². The zero-order valence-corrected chi connectivity index (χ0v) is 7.15. The van der Waals surface area contributed by atoms with Gasteiger partial charge in [-0.05, 0) is 33.6 Å². The molecule has 0 spiro atoms. The summed E-state index contributed by atoms with van der Waals surface area (Å²) >= 11 is 0. The first-order chi connectivity index (χ1) is 4.49. The summed E-state index contributed by atoms with van der Waals surface area (Å²) in [7, 11) is 0. The third kappa shape index (κ3) is 1.96. The Balaban J connectivity index is 2.51. The third-order valence-corrected chi connectivity index (χ3v) is 2.07. The fraction of sp³-hybridized carbons (Fsp3) is 1.00. The number of nitrogens with two attached hydrogens (primary N) is 1. The molecule has 0 saturated carbocycles. The molecule has 1 saturated heterocycles. The van der Waals surface area contributed by atoms with Crippen molar-refractivity contribution in [1.82, 2.24) is 5.32 Å². The van der Waals surface area contributed by atoms with Gasteiger partial charge in [0.25, 0.3) is 0 Å². The highest BCUT2D eigenvalue weighted by atomic mass is 15.0. The van der Waals surface area contributed by atoms with E-state index in [1.54, 1.807) is 0 Å². The van der Waals surface area contributed by atoms with Gasteiger partial charge in [-0.2, -0.15) is 0 Å². The molecule has 1 fully saturated rings. The third-order valence-electron chi connectivity index (χ3n) is 2.07. The van der Waals surface area contributed by atoms with Crippen LogP contribution in [-0.4, -0.2) is 17.6 Å². The quantitative estimate of drug-likeness (QED) is 0.526. The molecule has 0 amide bonds. The molecule has 0 radical (unpaired) electrons. The van der Waals surface area contributed by atoms with Crippen LogP contribution in [0.15, 0.2) is 0 Å². The number of hydrogen-bond acceptors (Lipinski definition) is 2. The fourth-order valence-electron chi connectivity index (χ4n) is 1.98. The summed E-state index contributed by atoms with van der Waals surface area (Å²) in [6, 6.07) is 0.977. The Kier molecular flexibility index (Phi) is 2.02. The average molecular weight is 142 g/mol. The van der Waals surface area contributed by atoms with E-state index in [-0.39, 0.29) is 5.54 Å². The lowest BCUT2D eigenvalue weighted by Crippen LogP contribution is -2.54. The molecule has 10 heavy (non-hydrogen) atoms. The van der Waals surface area contributed by atoms with Crippen LogP contribution in [0.25, 0.3) is 0 Å². The van der Waals surface area contributed by atoms with E-state index in [1.165, 1.54) is 0 Å². The van der Waals surface area contributed by atoms with Crippen LogP contribution in [-0.2, 0) is 0 Å². The van der Waals surface area contributed by atoms with Gasteiger partial charge in [-0.25, -0.2) is 0 Å². The van der Waals surface area contributed by atoms with Crippen molar-refractivity contribution in [1.29, 1.82) is 0 Å². The van der Waals surface area contributed by atoms with Crippen molar-refractivity contribution in [2.45, 2.75) is 51.2 Å². The van der Waals surface area contributed by atoms with Crippen molar-refractivity contribution in [2.75, 3.05) is 0 Å². The molecule has 1 rings (SSSR count). The van der Waals surface area contributed by atoms with Crippen molar-refractivity contribution in [3.05, 3.63) is 0 Å². The Morgan fingerprint density at radius 1 is 1.50 bits per heavy atom. The van der Waals surface area contributed by atoms with Crippen LogP contribution in [0.2, 0.25) is 0 Å². The highest BCUT2D eigenvalue weighted by Gasteiger charge is 2.28. The van der Waals surface area contributed by atoms with Gasteiger partial charge in [0.05, 0.1) is 0 Å². The second-order valence-corrected chi connectivity index (χ2v) is 4.13. The molecule has 2 heteroatoms. The van der Waals surface area contributed by atoms with E-state index in [9.17, 15) is 0 Å². The molecule has 3 N–H and O–H groups in total. The summed E-state index contributed by atoms with van der Waals surface area (Å²) in [6.45, 7) is 6.62. The van der Waals surface area contributed by atoms with Gasteiger partial charge in [0.1, 0.15) is 0 Å². The van der Waals surface area contributed by atoms with Gasteiger partial charge in [0.15, 0.2) is 0 Å². The Labute approximate surface area is 63.2 Å². The summed E-state index contributed by atoms with van der Waals surface area (Å²) in [6.07, 6.45) is 2.21. The maximum Gasteiger partial charge on any atom is 0.0142 e. The lowest BCUT2D eigenvalue weighted by Gasteiger charge is -2.38. The van der Waals surface area contributed by atoms with Crippen LogP contribution in [0.4, 0.5) is 0 Å². The highest BCUT2D eigenvalue weighted by Crippen LogP contribution is 2.20. The van der Waals surface area contributed by atoms with Crippen LogP contribution >= 0.6 is 0 Å². The molecular weight excluding hydrogens is 124 g/mol. The number of rotatable bonds is 0. The first kappa shape index (κ1) is 8.02. The molecule has 60 valence electrons. The Hall–Kier alpha value is -0.0800. The predicted molar refractivity (Wildman–Crippen MR) is 43.9 cm³/mol. The topological polar surface area (TPSA) is 38.0 Å². The van der Waals surface area contributed by atoms with E-state index < -0.39 is 0 Å². The van der Waals surface area contributed by atoms with Gasteiger partial charge >= 0.3 is 0 Å². The van der Waals surface area contributed by atoms with Crippen molar-refractivity contribution in [3.8, 4) is 0 Å². The van der Waals surface area contributed by atoms with Gasteiger partial charge in [-0.15, -0.1) is 0 Å². The van der Waals surface area contributed by atoms with E-state index in [0.29, 0.717) is 12.1 Å². The monoisotopic (exact) mass is 142 g/mol. The van der Waals surface area contributed by atoms with Gasteiger partial charge < -0.3 is 11.1 Å². The summed E-state index contributed by atoms with van der Waals surface area (Å²) in [5, 5.41) is 3.51. The Morgan fingerprint density at radius 2 is 2.10 bits per heavy atom. The zero-order chi connectivity index (χ0) is 7.78. The molecule has 2 nitrogen and oxygen atoms in total. The van der Waals surface area contributed by atoms with E-state index in [4.69, 9.17) is 5.73 Å². The van der Waals surface area contributed by atoms with Crippen molar-refractivity contribution in [2.24, 2.45) is 5.73 Å². The molecule has 0 aliphatic carbocycles. The average Bonchev–Trinajstić information content (AvgIpc) is 1.54. The van der Waals surface area contributed by atoms with E-state index >= 15 is 0 Å². The van der Waals surface area contributed by atoms with Gasteiger partial charge in [-0.3, -0.25) is 0 Å². The second-order valence-electron chi connectivity index (χ2n) is 4.13. The van der Waals surface area contributed by atoms with Crippen LogP contribution in [0, 0.1) is 0 Å². The molecule has 0 bridgehead atoms. The predicted octanol–water partition coefficient (Wildman–Crippen LogP) is 0.864. The molecule has 0 aromatic heterocycles. The summed E-state index contributed by atoms with van der Waals surface area (Å²) < 4.78 is 0. The van der Waals surface area contributed by atoms with Crippen LogP contribution in [0.1, 0.15) is 33.6 Å². The number of piperidine rings is 1. The molecule has 1 heterocycles. The molecule has 1 aliphatic heterocycles. The second kappa shape index (κ2) is 2.51. The molecule has 0 aromatic rings. The maximum absolute atomic E-state index is 5.86. The lowest BCUT2D eigenvalue weighted by atomic mass is 9.87.